The van der Waals surface area contributed by atoms with Gasteiger partial charge in [0.1, 0.15) is 0 Å². The minimum atomic E-state index is -0.381. The van der Waals surface area contributed by atoms with Crippen LogP contribution in [-0.2, 0) is 0 Å². The molecule has 2 rings (SSSR count). The van der Waals surface area contributed by atoms with E-state index in [2.05, 4.69) is 9.80 Å². The molecule has 0 spiro atoms. The van der Waals surface area contributed by atoms with Crippen LogP contribution < -0.4 is 4.90 Å². The van der Waals surface area contributed by atoms with Crippen LogP contribution in [0.1, 0.15) is 13.3 Å². The maximum Gasteiger partial charge on any atom is 0.269 e. The second kappa shape index (κ2) is 6.67. The Kier molecular flexibility index (Phi) is 4.92. The van der Waals surface area contributed by atoms with Gasteiger partial charge in [-0.3, -0.25) is 15.0 Å². The van der Waals surface area contributed by atoms with Crippen LogP contribution in [0.3, 0.4) is 0 Å². The van der Waals surface area contributed by atoms with Crippen LogP contribution in [0.25, 0.3) is 0 Å². The molecule has 0 saturated carbocycles. The van der Waals surface area contributed by atoms with Gasteiger partial charge in [0, 0.05) is 50.5 Å². The first kappa shape index (κ1) is 14.7. The number of hydrogen-bond donors (Lipinski definition) is 1. The van der Waals surface area contributed by atoms with E-state index in [9.17, 15) is 15.2 Å². The molecule has 6 nitrogen and oxygen atoms in total. The van der Waals surface area contributed by atoms with Crippen molar-refractivity contribution < 1.29 is 10.0 Å². The molecule has 20 heavy (non-hydrogen) atoms. The minimum Gasteiger partial charge on any atom is -0.392 e. The lowest BCUT2D eigenvalue weighted by molar-refractivity contribution is -0.384. The molecule has 1 fully saturated rings. The number of rotatable bonds is 5. The van der Waals surface area contributed by atoms with Crippen LogP contribution >= 0.6 is 0 Å². The number of aliphatic hydroxyl groups excluding tert-OH is 1. The summed E-state index contributed by atoms with van der Waals surface area (Å²) >= 11 is 0. The number of β-amino-alcohol motifs (C(OH)–C–C–N with tert-alkyl or cyclic N) is 1. The normalized spacial score (nSPS) is 18.0. The van der Waals surface area contributed by atoms with Crippen molar-refractivity contribution in [2.45, 2.75) is 19.4 Å². The molecule has 1 aromatic carbocycles. The summed E-state index contributed by atoms with van der Waals surface area (Å²) < 4.78 is 0. The number of nitro benzene ring substituents is 1. The van der Waals surface area contributed by atoms with Gasteiger partial charge in [0.05, 0.1) is 11.0 Å². The van der Waals surface area contributed by atoms with E-state index in [1.165, 1.54) is 0 Å². The number of aliphatic hydroxyl groups is 1. The molecule has 1 heterocycles. The van der Waals surface area contributed by atoms with E-state index in [0.29, 0.717) is 0 Å². The Labute approximate surface area is 118 Å². The quantitative estimate of drug-likeness (QED) is 0.653. The maximum absolute atomic E-state index is 10.6. The van der Waals surface area contributed by atoms with Gasteiger partial charge in [-0.2, -0.15) is 0 Å². The number of benzene rings is 1. The first-order chi connectivity index (χ1) is 9.60. The number of anilines is 1. The smallest absolute Gasteiger partial charge is 0.269 e. The Morgan fingerprint density at radius 1 is 1.25 bits per heavy atom. The molecule has 1 aliphatic rings. The topological polar surface area (TPSA) is 69.8 Å². The Balaban J connectivity index is 1.88. The number of piperazine rings is 1. The summed E-state index contributed by atoms with van der Waals surface area (Å²) in [5.74, 6) is 0. The van der Waals surface area contributed by atoms with E-state index in [-0.39, 0.29) is 16.7 Å². The van der Waals surface area contributed by atoms with Gasteiger partial charge in [-0.25, -0.2) is 0 Å². The number of nitrogens with zero attached hydrogens (tertiary/aromatic N) is 3. The minimum absolute atomic E-state index is 0.124. The maximum atomic E-state index is 10.6. The predicted molar refractivity (Wildman–Crippen MR) is 78.0 cm³/mol. The molecule has 1 N–H and O–H groups in total. The highest BCUT2D eigenvalue weighted by atomic mass is 16.6. The summed E-state index contributed by atoms with van der Waals surface area (Å²) in [4.78, 5) is 14.7. The third-order valence-electron chi connectivity index (χ3n) is 3.74. The lowest BCUT2D eigenvalue weighted by Gasteiger charge is -2.36. The molecule has 1 aromatic rings. The number of nitro groups is 1. The van der Waals surface area contributed by atoms with Crippen LogP contribution in [-0.4, -0.2) is 53.8 Å². The fourth-order valence-electron chi connectivity index (χ4n) is 2.40. The van der Waals surface area contributed by atoms with Crippen molar-refractivity contribution in [3.8, 4) is 0 Å². The highest BCUT2D eigenvalue weighted by Crippen LogP contribution is 2.20. The molecule has 1 saturated heterocycles. The van der Waals surface area contributed by atoms with Gasteiger partial charge in [-0.15, -0.1) is 0 Å². The van der Waals surface area contributed by atoms with Crippen molar-refractivity contribution in [2.24, 2.45) is 0 Å². The third-order valence-corrected chi connectivity index (χ3v) is 3.74. The van der Waals surface area contributed by atoms with Gasteiger partial charge in [0.25, 0.3) is 5.69 Å². The van der Waals surface area contributed by atoms with Crippen molar-refractivity contribution >= 4 is 11.4 Å². The lowest BCUT2D eigenvalue weighted by atomic mass is 10.2. The van der Waals surface area contributed by atoms with Crippen LogP contribution in [0.15, 0.2) is 24.3 Å². The van der Waals surface area contributed by atoms with Gasteiger partial charge < -0.3 is 10.0 Å². The zero-order valence-electron chi connectivity index (χ0n) is 11.7. The van der Waals surface area contributed by atoms with E-state index in [0.717, 1.165) is 44.8 Å². The summed E-state index contributed by atoms with van der Waals surface area (Å²) in [6.45, 7) is 6.30. The second-order valence-corrected chi connectivity index (χ2v) is 5.12. The Bertz CT molecular complexity index is 441. The summed E-state index contributed by atoms with van der Waals surface area (Å²) in [5.41, 5.74) is 1.14. The van der Waals surface area contributed by atoms with Crippen molar-refractivity contribution in [1.29, 1.82) is 0 Å². The highest BCUT2D eigenvalue weighted by Gasteiger charge is 2.19. The van der Waals surface area contributed by atoms with E-state index in [1.807, 2.05) is 6.92 Å². The van der Waals surface area contributed by atoms with Gasteiger partial charge in [-0.1, -0.05) is 6.92 Å². The molecule has 110 valence electrons. The Morgan fingerprint density at radius 2 is 1.85 bits per heavy atom. The van der Waals surface area contributed by atoms with Crippen molar-refractivity contribution in [2.75, 3.05) is 37.6 Å². The van der Waals surface area contributed by atoms with E-state index < -0.39 is 0 Å². The summed E-state index contributed by atoms with van der Waals surface area (Å²) in [5, 5.41) is 20.3. The lowest BCUT2D eigenvalue weighted by Crippen LogP contribution is -2.48. The van der Waals surface area contributed by atoms with E-state index >= 15 is 0 Å². The molecule has 1 unspecified atom stereocenters. The first-order valence-electron chi connectivity index (χ1n) is 7.00. The zero-order valence-corrected chi connectivity index (χ0v) is 11.7. The van der Waals surface area contributed by atoms with Gasteiger partial charge in [-0.05, 0) is 18.6 Å². The van der Waals surface area contributed by atoms with Crippen molar-refractivity contribution in [3.05, 3.63) is 34.4 Å². The van der Waals surface area contributed by atoms with Crippen LogP contribution in [0, 0.1) is 10.1 Å². The van der Waals surface area contributed by atoms with E-state index in [1.54, 1.807) is 24.3 Å². The zero-order chi connectivity index (χ0) is 14.5. The average Bonchev–Trinajstić information content (AvgIpc) is 2.48. The standard InChI is InChI=1S/C14H21N3O3/c1-2-14(18)11-15-7-9-16(10-8-15)12-3-5-13(6-4-12)17(19)20/h3-6,14,18H,2,7-11H2,1H3. The van der Waals surface area contributed by atoms with Crippen molar-refractivity contribution in [1.82, 2.24) is 4.90 Å². The Morgan fingerprint density at radius 3 is 2.35 bits per heavy atom. The first-order valence-corrected chi connectivity index (χ1v) is 7.00. The molecule has 0 radical (unpaired) electrons. The predicted octanol–water partition coefficient (Wildman–Crippen LogP) is 1.49. The number of non-ortho nitro benzene ring substituents is 1. The van der Waals surface area contributed by atoms with E-state index in [4.69, 9.17) is 0 Å². The van der Waals surface area contributed by atoms with Crippen LogP contribution in [0.4, 0.5) is 11.4 Å². The second-order valence-electron chi connectivity index (χ2n) is 5.12. The largest absolute Gasteiger partial charge is 0.392 e. The molecule has 1 aliphatic heterocycles. The summed E-state index contributed by atoms with van der Waals surface area (Å²) in [7, 11) is 0. The average molecular weight is 279 g/mol. The van der Waals surface area contributed by atoms with Gasteiger partial charge >= 0.3 is 0 Å². The van der Waals surface area contributed by atoms with Crippen LogP contribution in [0.2, 0.25) is 0 Å². The van der Waals surface area contributed by atoms with Crippen molar-refractivity contribution in [3.63, 3.8) is 0 Å². The fourth-order valence-corrected chi connectivity index (χ4v) is 2.40. The number of hydrogen-bond acceptors (Lipinski definition) is 5. The summed E-state index contributed by atoms with van der Waals surface area (Å²) in [6, 6.07) is 6.69. The highest BCUT2D eigenvalue weighted by molar-refractivity contribution is 5.51. The summed E-state index contributed by atoms with van der Waals surface area (Å²) in [6.07, 6.45) is 0.531. The molecule has 6 heteroatoms. The molecular formula is C14H21N3O3. The fraction of sp³-hybridized carbons (Fsp3) is 0.571. The Hall–Kier alpha value is -1.66. The molecule has 0 aromatic heterocycles. The molecule has 0 amide bonds. The van der Waals surface area contributed by atoms with Gasteiger partial charge in [0.2, 0.25) is 0 Å². The van der Waals surface area contributed by atoms with Crippen LogP contribution in [0.5, 0.6) is 0 Å². The molecule has 0 aliphatic carbocycles. The third kappa shape index (κ3) is 3.68. The molecular weight excluding hydrogens is 258 g/mol. The molecule has 1 atom stereocenters. The van der Waals surface area contributed by atoms with Gasteiger partial charge in [0.15, 0.2) is 0 Å². The molecule has 0 bridgehead atoms. The SMILES string of the molecule is CCC(O)CN1CCN(c2ccc([N+](=O)[O-])cc2)CC1. The monoisotopic (exact) mass is 279 g/mol.